The zero-order valence-corrected chi connectivity index (χ0v) is 66.0. The predicted molar refractivity (Wildman–Crippen MR) is 439 cm³/mol. The molecule has 3 aromatic heterocycles. The number of para-hydroxylation sites is 5. The van der Waals surface area contributed by atoms with E-state index in [-0.39, 0.29) is 138 Å². The second-order valence-electron chi connectivity index (χ2n) is 28.5. The van der Waals surface area contributed by atoms with Gasteiger partial charge in [0.05, 0.1) is 89.6 Å². The van der Waals surface area contributed by atoms with Crippen molar-refractivity contribution in [3.63, 3.8) is 0 Å². The summed E-state index contributed by atoms with van der Waals surface area (Å²) < 4.78 is 48.0. The molecule has 2 aliphatic heterocycles. The normalized spacial score (nSPS) is 13.4. The number of aliphatic carboxylic acids is 4. The maximum Gasteiger partial charge on any atom is 0.333 e. The van der Waals surface area contributed by atoms with Crippen LogP contribution in [0, 0.1) is 23.7 Å². The Morgan fingerprint density at radius 2 is 0.683 bits per heavy atom. The van der Waals surface area contributed by atoms with Crippen molar-refractivity contribution >= 4 is 118 Å². The number of nitrogens with zero attached hydrogens (tertiary/aromatic N) is 3. The molecule has 0 fully saturated rings. The van der Waals surface area contributed by atoms with E-state index in [4.69, 9.17) is 70.8 Å². The van der Waals surface area contributed by atoms with Gasteiger partial charge in [0.25, 0.3) is 0 Å². The minimum absolute atomic E-state index is 0.0135. The lowest BCUT2D eigenvalue weighted by molar-refractivity contribution is -0.147. The first-order valence-corrected chi connectivity index (χ1v) is 37.7. The van der Waals surface area contributed by atoms with Crippen LogP contribution in [0.5, 0.6) is 23.0 Å². The molecule has 5 heterocycles. The molecule has 32 heteroatoms. The van der Waals surface area contributed by atoms with Crippen LogP contribution < -0.4 is 41.9 Å². The number of carboxylic acids is 4. The molecule has 0 radical (unpaired) electrons. The fraction of sp³-hybridized carbons (Fsp3) is 0.273. The summed E-state index contributed by atoms with van der Waals surface area (Å²) in [7, 11) is 0. The average Bonchev–Trinajstić information content (AvgIpc) is 1.55. The highest BCUT2D eigenvalue weighted by molar-refractivity contribution is 6.13. The first-order chi connectivity index (χ1) is 57.1. The van der Waals surface area contributed by atoms with E-state index in [9.17, 15) is 68.4 Å². The van der Waals surface area contributed by atoms with E-state index in [0.717, 1.165) is 0 Å². The summed E-state index contributed by atoms with van der Waals surface area (Å²) >= 11 is 0. The average molecular weight is 1640 g/mol. The molecule has 4 unspecified atom stereocenters. The molecule has 626 valence electrons. The summed E-state index contributed by atoms with van der Waals surface area (Å²) in [5, 5.41) is 41.9. The van der Waals surface area contributed by atoms with E-state index in [1.165, 1.54) is 100 Å². The molecule has 0 amide bonds. The fourth-order valence-corrected chi connectivity index (χ4v) is 12.7. The maximum atomic E-state index is 15.1. The fourth-order valence-electron chi connectivity index (χ4n) is 12.7. The predicted octanol–water partition coefficient (Wildman–Crippen LogP) is 10.5. The van der Waals surface area contributed by atoms with Gasteiger partial charge in [-0.1, -0.05) is 93.0 Å². The summed E-state index contributed by atoms with van der Waals surface area (Å²) in [6.45, 7) is 18.2. The third-order valence-electron chi connectivity index (χ3n) is 19.0. The van der Waals surface area contributed by atoms with Gasteiger partial charge in [0, 0.05) is 66.7 Å². The molecular formula is C88H90N8O24. The van der Waals surface area contributed by atoms with Crippen molar-refractivity contribution in [3.8, 4) is 62.1 Å². The maximum absolute atomic E-state index is 15.1. The van der Waals surface area contributed by atoms with Crippen molar-refractivity contribution in [1.82, 2.24) is 19.5 Å². The summed E-state index contributed by atoms with van der Waals surface area (Å²) in [4.78, 5) is 175. The van der Waals surface area contributed by atoms with E-state index in [2.05, 4.69) is 31.3 Å². The lowest BCUT2D eigenvalue weighted by Crippen LogP contribution is -2.38. The first-order valence-electron chi connectivity index (χ1n) is 37.7. The Morgan fingerprint density at radius 3 is 1.04 bits per heavy atom. The van der Waals surface area contributed by atoms with Crippen LogP contribution in [0.1, 0.15) is 102 Å². The first kappa shape index (κ1) is 89.8. The minimum atomic E-state index is -1.74. The standard InChI is InChI=1S/C88H90N8O24/c1-46(2)81(105)113-35-31-50(77(97)98)39-62(89)85(109)117-69-21-13-9-17-59(69)73-66-30-29-57(95-66)44-56-26-25-54(93-56)43-55-27-28-58(94-55)45-68-74(60-18-10-14-22-70(60)118-86(110)63(90)40-51(78(99)100)32-36-114-82(106)47(3)4)75(61-19-11-15-23-71(61)119-87(111)64(91)41-52(79(101)102)33-37-115-83(107)48(5)6)76(73)96(68)67-20-12-16-24-72(67)120-88(112)65(92)42-53(80(103)104)34-38-116-84(108)49(7)8/h9-30,43-45,50-53,62-65,93H,1,3,5,7,31-42,89-92H2,2,4,6,8H3,(H,97,98)(H,99,100)(H,101,102)(H,103,104)/t50?,51?,52?,53?,62-,63-,64-,65-/m0/s1. The van der Waals surface area contributed by atoms with E-state index >= 15 is 9.59 Å². The Balaban J connectivity index is 1.42. The molecule has 2 aliphatic rings. The highest BCUT2D eigenvalue weighted by atomic mass is 16.6. The third-order valence-corrected chi connectivity index (χ3v) is 19.0. The van der Waals surface area contributed by atoms with Gasteiger partial charge in [0.2, 0.25) is 0 Å². The van der Waals surface area contributed by atoms with Crippen LogP contribution in [-0.4, -0.2) is 162 Å². The van der Waals surface area contributed by atoms with Gasteiger partial charge in [-0.15, -0.1) is 0 Å². The van der Waals surface area contributed by atoms with E-state index in [1.807, 2.05) is 0 Å². The van der Waals surface area contributed by atoms with Crippen molar-refractivity contribution in [3.05, 3.63) is 199 Å². The number of esters is 8. The molecule has 13 N–H and O–H groups in total. The number of aromatic nitrogens is 4. The number of hydrogen-bond acceptors (Lipinski definition) is 26. The highest BCUT2D eigenvalue weighted by Crippen LogP contribution is 2.53. The Hall–Kier alpha value is -14.1. The van der Waals surface area contributed by atoms with Gasteiger partial charge in [0.1, 0.15) is 41.4 Å². The van der Waals surface area contributed by atoms with Crippen LogP contribution >= 0.6 is 0 Å². The van der Waals surface area contributed by atoms with E-state index < -0.39 is 172 Å². The molecule has 0 aliphatic carbocycles. The molecule has 120 heavy (non-hydrogen) atoms. The van der Waals surface area contributed by atoms with Gasteiger partial charge in [-0.05, 0) is 164 Å². The van der Waals surface area contributed by atoms with Gasteiger partial charge in [-0.3, -0.25) is 19.2 Å². The Kier molecular flexibility index (Phi) is 30.8. The number of hydrogen-bond donors (Lipinski definition) is 9. The van der Waals surface area contributed by atoms with Crippen molar-refractivity contribution < 1.29 is 116 Å². The largest absolute Gasteiger partial charge is 0.481 e. The summed E-state index contributed by atoms with van der Waals surface area (Å²) in [5.41, 5.74) is 28.3. The third kappa shape index (κ3) is 23.4. The van der Waals surface area contributed by atoms with Crippen LogP contribution in [0.15, 0.2) is 176 Å². The number of ether oxygens (including phenoxy) is 8. The topological polar surface area (TPSA) is 510 Å². The zero-order valence-electron chi connectivity index (χ0n) is 66.0. The second kappa shape index (κ2) is 41.2. The molecule has 0 saturated carbocycles. The minimum Gasteiger partial charge on any atom is -0.481 e. The van der Waals surface area contributed by atoms with E-state index in [0.29, 0.717) is 16.7 Å². The zero-order chi connectivity index (χ0) is 87.3. The summed E-state index contributed by atoms with van der Waals surface area (Å²) in [5.74, 6) is -20.4. The molecule has 8 atom stereocenters. The number of carboxylic acid groups (broad SMARTS) is 4. The molecule has 0 saturated heterocycles. The molecule has 32 nitrogen and oxygen atoms in total. The Bertz CT molecular complexity index is 5480. The number of H-pyrrole nitrogens is 1. The number of nitrogens with one attached hydrogen (secondary N) is 1. The number of fused-ring (bicyclic) bond motifs is 8. The van der Waals surface area contributed by atoms with Gasteiger partial charge in [0.15, 0.2) is 5.75 Å². The van der Waals surface area contributed by atoms with Crippen molar-refractivity contribution in [2.75, 3.05) is 26.4 Å². The van der Waals surface area contributed by atoms with E-state index in [1.54, 1.807) is 83.5 Å². The summed E-state index contributed by atoms with van der Waals surface area (Å²) in [6.07, 6.45) is 3.09. The molecule has 4 aromatic carbocycles. The Morgan fingerprint density at radius 1 is 0.383 bits per heavy atom. The van der Waals surface area contributed by atoms with Gasteiger partial charge in [-0.2, -0.15) is 0 Å². The summed E-state index contributed by atoms with van der Waals surface area (Å²) in [6, 6.07) is 25.5. The molecular weight excluding hydrogens is 1550 g/mol. The Labute approximate surface area is 687 Å². The van der Waals surface area contributed by atoms with Crippen molar-refractivity contribution in [2.24, 2.45) is 46.6 Å². The van der Waals surface area contributed by atoms with Crippen LogP contribution in [0.3, 0.4) is 0 Å². The lowest BCUT2D eigenvalue weighted by atomic mass is 9.91. The number of carbonyl (C=O) groups excluding carboxylic acids is 8. The molecule has 8 bridgehead atoms. The van der Waals surface area contributed by atoms with Crippen LogP contribution in [0.25, 0.3) is 85.4 Å². The molecule has 9 rings (SSSR count). The van der Waals surface area contributed by atoms with Crippen LogP contribution in [-0.2, 0) is 76.5 Å². The number of nitrogens with two attached hydrogens (primary N) is 4. The lowest BCUT2D eigenvalue weighted by Gasteiger charge is -2.20. The van der Waals surface area contributed by atoms with Crippen molar-refractivity contribution in [1.29, 1.82) is 0 Å². The monoisotopic (exact) mass is 1640 g/mol. The molecule has 7 aromatic rings. The second-order valence-corrected chi connectivity index (χ2v) is 28.5. The van der Waals surface area contributed by atoms with Gasteiger partial charge >= 0.3 is 71.6 Å². The quantitative estimate of drug-likeness (QED) is 0.00745. The molecule has 0 spiro atoms. The SMILES string of the molecule is C=C(C)C(=O)OCCC(C[C@H](N)C(=O)Oc1ccccc1-c1c(-c2ccccc2OC(=O)[C@@H](N)CC(CCOC(=O)C(=C)C)C(=O)O)c2c(-c3ccccc3OC(=O)[C@@H](N)CC(CCOC(=O)C(=C)C)C(=O)O)c3nc(cc4ccc(cc5nc(cc1n2-c1ccccc1OC(=O)[C@@H](N)CC(CCOC(=O)C(=C)C)C(=O)O)C=C5)[nH]4)C=C3)C(=O)O. The number of rotatable bonds is 40. The number of carbonyl (C=O) groups is 12. The number of benzene rings is 4. The van der Waals surface area contributed by atoms with Crippen molar-refractivity contribution in [2.45, 2.75) is 103 Å². The van der Waals surface area contributed by atoms with Gasteiger partial charge < -0.3 is 90.8 Å². The van der Waals surface area contributed by atoms with Crippen LogP contribution in [0.2, 0.25) is 0 Å². The van der Waals surface area contributed by atoms with Crippen LogP contribution in [0.4, 0.5) is 0 Å². The smallest absolute Gasteiger partial charge is 0.333 e. The van der Waals surface area contributed by atoms with Gasteiger partial charge in [-0.25, -0.2) is 48.3 Å². The number of aromatic amines is 1. The highest BCUT2D eigenvalue weighted by Gasteiger charge is 2.37.